The quantitative estimate of drug-likeness (QED) is 0.715. The lowest BCUT2D eigenvalue weighted by Crippen LogP contribution is -2.37. The van der Waals surface area contributed by atoms with Gasteiger partial charge in [0.25, 0.3) is 5.91 Å². The minimum absolute atomic E-state index is 0.153. The van der Waals surface area contributed by atoms with E-state index in [9.17, 15) is 13.2 Å². The van der Waals surface area contributed by atoms with Gasteiger partial charge in [0.1, 0.15) is 11.8 Å². The molecule has 0 bridgehead atoms. The van der Waals surface area contributed by atoms with Crippen LogP contribution < -0.4 is 10.2 Å². The first-order valence-corrected chi connectivity index (χ1v) is 12.5. The Balaban J connectivity index is 1.68. The number of hydrogen-bond donors (Lipinski definition) is 1. The summed E-state index contributed by atoms with van der Waals surface area (Å²) in [5.74, 6) is -0.468. The topological polar surface area (TPSA) is 116 Å². The summed E-state index contributed by atoms with van der Waals surface area (Å²) in [6.07, 6.45) is 2.72. The number of benzene rings is 1. The third-order valence-corrected chi connectivity index (χ3v) is 7.85. The Morgan fingerprint density at radius 3 is 2.48 bits per heavy atom. The molecule has 2 saturated heterocycles. The Hall–Kier alpha value is -3.00. The normalized spacial score (nSPS) is 17.4. The van der Waals surface area contributed by atoms with Crippen LogP contribution in [-0.4, -0.2) is 63.0 Å². The Kier molecular flexibility index (Phi) is 6.93. The van der Waals surface area contributed by atoms with Crippen molar-refractivity contribution in [2.45, 2.75) is 31.1 Å². The summed E-state index contributed by atoms with van der Waals surface area (Å²) in [5.41, 5.74) is 2.15. The molecular formula is C23H27N5O4S. The van der Waals surface area contributed by atoms with Crippen LogP contribution in [0.25, 0.3) is 0 Å². The number of carbonyl (C=O) groups excluding carboxylic acids is 1. The van der Waals surface area contributed by atoms with Gasteiger partial charge >= 0.3 is 0 Å². The Bertz CT molecular complexity index is 1180. The first kappa shape index (κ1) is 23.2. The summed E-state index contributed by atoms with van der Waals surface area (Å²) in [5, 5.41) is 12.0. The second-order valence-electron chi connectivity index (χ2n) is 8.14. The maximum atomic E-state index is 13.2. The van der Waals surface area contributed by atoms with Crippen molar-refractivity contribution in [2.75, 3.05) is 49.6 Å². The summed E-state index contributed by atoms with van der Waals surface area (Å²) in [6, 6.07) is 9.96. The van der Waals surface area contributed by atoms with Crippen LogP contribution in [0, 0.1) is 18.3 Å². The highest BCUT2D eigenvalue weighted by atomic mass is 32.2. The van der Waals surface area contributed by atoms with E-state index in [0.29, 0.717) is 56.3 Å². The molecule has 9 nitrogen and oxygen atoms in total. The molecule has 0 aliphatic carbocycles. The molecule has 33 heavy (non-hydrogen) atoms. The molecule has 1 aromatic heterocycles. The van der Waals surface area contributed by atoms with Gasteiger partial charge in [-0.25, -0.2) is 13.4 Å². The van der Waals surface area contributed by atoms with Gasteiger partial charge in [-0.1, -0.05) is 6.42 Å². The third-order valence-electron chi connectivity index (χ3n) is 5.96. The van der Waals surface area contributed by atoms with Crippen LogP contribution in [0.2, 0.25) is 0 Å². The molecule has 0 atom stereocenters. The molecule has 1 N–H and O–H groups in total. The number of pyridine rings is 1. The Morgan fingerprint density at radius 1 is 1.09 bits per heavy atom. The maximum Gasteiger partial charge on any atom is 0.274 e. The van der Waals surface area contributed by atoms with Crippen molar-refractivity contribution in [1.29, 1.82) is 5.26 Å². The fourth-order valence-corrected chi connectivity index (χ4v) is 5.65. The maximum absolute atomic E-state index is 13.2. The van der Waals surface area contributed by atoms with Crippen molar-refractivity contribution in [2.24, 2.45) is 0 Å². The van der Waals surface area contributed by atoms with E-state index >= 15 is 0 Å². The van der Waals surface area contributed by atoms with E-state index in [2.05, 4.69) is 15.2 Å². The standard InChI is InChI=1S/C23H27N5O4S/c1-17-18(16-24)5-7-20(25-17)23(29)26-21-15-19(33(30,31)28-9-3-2-4-10-28)6-8-22(21)27-11-13-32-14-12-27/h5-8,15H,2-4,9-14H2,1H3,(H,26,29). The number of aryl methyl sites for hydroxylation is 1. The molecule has 0 spiro atoms. The zero-order chi connectivity index (χ0) is 23.4. The van der Waals surface area contributed by atoms with Crippen molar-refractivity contribution >= 4 is 27.3 Å². The number of carbonyl (C=O) groups is 1. The van der Waals surface area contributed by atoms with Crippen LogP contribution in [0.1, 0.15) is 41.0 Å². The second kappa shape index (κ2) is 9.87. The van der Waals surface area contributed by atoms with Gasteiger partial charge in [-0.15, -0.1) is 0 Å². The van der Waals surface area contributed by atoms with Gasteiger partial charge in [0.05, 0.1) is 40.7 Å². The number of piperidine rings is 1. The summed E-state index contributed by atoms with van der Waals surface area (Å²) >= 11 is 0. The molecule has 4 rings (SSSR count). The third kappa shape index (κ3) is 5.00. The molecule has 10 heteroatoms. The van der Waals surface area contributed by atoms with E-state index in [-0.39, 0.29) is 10.6 Å². The molecule has 1 amide bonds. The molecule has 2 aromatic rings. The molecule has 2 aliphatic rings. The van der Waals surface area contributed by atoms with Crippen molar-refractivity contribution in [3.8, 4) is 6.07 Å². The average Bonchev–Trinajstić information content (AvgIpc) is 2.85. The predicted molar refractivity (Wildman–Crippen MR) is 124 cm³/mol. The number of aromatic nitrogens is 1. The molecule has 0 saturated carbocycles. The second-order valence-corrected chi connectivity index (χ2v) is 10.1. The lowest BCUT2D eigenvalue weighted by Gasteiger charge is -2.31. The predicted octanol–water partition coefficient (Wildman–Crippen LogP) is 2.53. The van der Waals surface area contributed by atoms with Crippen LogP contribution >= 0.6 is 0 Å². The minimum Gasteiger partial charge on any atom is -0.378 e. The summed E-state index contributed by atoms with van der Waals surface area (Å²) in [7, 11) is -3.66. The summed E-state index contributed by atoms with van der Waals surface area (Å²) in [4.78, 5) is 19.5. The van der Waals surface area contributed by atoms with Gasteiger partial charge in [-0.05, 0) is 50.1 Å². The Labute approximate surface area is 194 Å². The number of nitriles is 1. The number of nitrogens with zero attached hydrogens (tertiary/aromatic N) is 4. The van der Waals surface area contributed by atoms with Crippen LogP contribution in [0.5, 0.6) is 0 Å². The van der Waals surface area contributed by atoms with Gasteiger partial charge in [0.2, 0.25) is 10.0 Å². The zero-order valence-corrected chi connectivity index (χ0v) is 19.4. The van der Waals surface area contributed by atoms with Gasteiger partial charge < -0.3 is 15.0 Å². The summed E-state index contributed by atoms with van der Waals surface area (Å²) in [6.45, 7) is 5.05. The number of anilines is 2. The van der Waals surface area contributed by atoms with Crippen molar-refractivity contribution < 1.29 is 17.9 Å². The van der Waals surface area contributed by atoms with E-state index in [4.69, 9.17) is 10.00 Å². The number of sulfonamides is 1. The largest absolute Gasteiger partial charge is 0.378 e. The lowest BCUT2D eigenvalue weighted by molar-refractivity contribution is 0.102. The van der Waals surface area contributed by atoms with Crippen LogP contribution in [0.4, 0.5) is 11.4 Å². The molecule has 0 unspecified atom stereocenters. The van der Waals surface area contributed by atoms with Gasteiger partial charge in [0.15, 0.2) is 0 Å². The average molecular weight is 470 g/mol. The molecule has 2 fully saturated rings. The van der Waals surface area contributed by atoms with E-state index in [1.165, 1.54) is 16.4 Å². The van der Waals surface area contributed by atoms with Crippen LogP contribution in [0.3, 0.4) is 0 Å². The van der Waals surface area contributed by atoms with Crippen molar-refractivity contribution in [3.63, 3.8) is 0 Å². The summed E-state index contributed by atoms with van der Waals surface area (Å²) < 4.78 is 33.4. The molecule has 3 heterocycles. The van der Waals surface area contributed by atoms with E-state index in [1.54, 1.807) is 25.1 Å². The molecule has 174 valence electrons. The number of hydrogen-bond acceptors (Lipinski definition) is 7. The molecule has 0 radical (unpaired) electrons. The smallest absolute Gasteiger partial charge is 0.274 e. The number of amides is 1. The van der Waals surface area contributed by atoms with Gasteiger partial charge in [-0.2, -0.15) is 9.57 Å². The van der Waals surface area contributed by atoms with E-state index in [1.807, 2.05) is 6.07 Å². The van der Waals surface area contributed by atoms with Crippen LogP contribution in [-0.2, 0) is 14.8 Å². The van der Waals surface area contributed by atoms with E-state index in [0.717, 1.165) is 24.9 Å². The number of rotatable bonds is 5. The Morgan fingerprint density at radius 2 is 1.82 bits per heavy atom. The van der Waals surface area contributed by atoms with Crippen LogP contribution in [0.15, 0.2) is 35.2 Å². The number of nitrogens with one attached hydrogen (secondary N) is 1. The SMILES string of the molecule is Cc1nc(C(=O)Nc2cc(S(=O)(=O)N3CCCCC3)ccc2N2CCOCC2)ccc1C#N. The fraction of sp³-hybridized carbons (Fsp3) is 0.435. The number of ether oxygens (including phenoxy) is 1. The van der Waals surface area contributed by atoms with E-state index < -0.39 is 15.9 Å². The monoisotopic (exact) mass is 469 g/mol. The highest BCUT2D eigenvalue weighted by Gasteiger charge is 2.28. The number of morpholine rings is 1. The molecule has 2 aliphatic heterocycles. The highest BCUT2D eigenvalue weighted by molar-refractivity contribution is 7.89. The van der Waals surface area contributed by atoms with Crippen molar-refractivity contribution in [1.82, 2.24) is 9.29 Å². The lowest BCUT2D eigenvalue weighted by atomic mass is 10.2. The van der Waals surface area contributed by atoms with Gasteiger partial charge in [0, 0.05) is 26.2 Å². The first-order valence-electron chi connectivity index (χ1n) is 11.1. The zero-order valence-electron chi connectivity index (χ0n) is 18.6. The minimum atomic E-state index is -3.66. The molecular weight excluding hydrogens is 442 g/mol. The van der Waals surface area contributed by atoms with Gasteiger partial charge in [-0.3, -0.25) is 4.79 Å². The molecule has 1 aromatic carbocycles. The van der Waals surface area contributed by atoms with Crippen molar-refractivity contribution in [3.05, 3.63) is 47.3 Å². The highest BCUT2D eigenvalue weighted by Crippen LogP contribution is 2.32. The first-order chi connectivity index (χ1) is 15.9. The fourth-order valence-electron chi connectivity index (χ4n) is 4.10.